The molecule has 0 amide bonds. The number of hydrogen-bond acceptors (Lipinski definition) is 5. The smallest absolute Gasteiger partial charge is 0.341 e. The van der Waals surface area contributed by atoms with Gasteiger partial charge in [-0.15, -0.1) is 11.3 Å². The summed E-state index contributed by atoms with van der Waals surface area (Å²) < 4.78 is 5.16. The molecule has 120 valence electrons. The normalized spacial score (nSPS) is 19.7. The monoisotopic (exact) mass is 371 g/mol. The molecule has 2 aromatic rings. The summed E-state index contributed by atoms with van der Waals surface area (Å²) in [6.45, 7) is 1.28. The lowest BCUT2D eigenvalue weighted by Crippen LogP contribution is -2.29. The summed E-state index contributed by atoms with van der Waals surface area (Å²) in [6.07, 6.45) is 0.408. The zero-order valence-electron chi connectivity index (χ0n) is 11.9. The Morgan fingerprint density at radius 3 is 2.83 bits per heavy atom. The van der Waals surface area contributed by atoms with Gasteiger partial charge in [0.25, 0.3) is 0 Å². The van der Waals surface area contributed by atoms with Crippen LogP contribution in [0.1, 0.15) is 28.5 Å². The summed E-state index contributed by atoms with van der Waals surface area (Å²) in [4.78, 5) is 27.8. The Morgan fingerprint density at radius 1 is 1.48 bits per heavy atom. The lowest BCUT2D eigenvalue weighted by molar-refractivity contribution is -0.139. The first-order chi connectivity index (χ1) is 10.8. The molecule has 0 unspecified atom stereocenters. The highest BCUT2D eigenvalue weighted by molar-refractivity contribution is 7.07. The van der Waals surface area contributed by atoms with Gasteiger partial charge in [-0.05, 0) is 25.0 Å². The third-order valence-corrected chi connectivity index (χ3v) is 5.31. The van der Waals surface area contributed by atoms with E-state index in [0.717, 1.165) is 0 Å². The van der Waals surface area contributed by atoms with E-state index in [2.05, 4.69) is 4.98 Å². The third kappa shape index (κ3) is 2.60. The molecule has 1 aromatic heterocycles. The van der Waals surface area contributed by atoms with Gasteiger partial charge in [0, 0.05) is 10.9 Å². The Morgan fingerprint density at radius 2 is 2.22 bits per heavy atom. The Bertz CT molecular complexity index is 806. The van der Waals surface area contributed by atoms with Crippen molar-refractivity contribution in [2.75, 3.05) is 6.61 Å². The third-order valence-electron chi connectivity index (χ3n) is 3.88. The van der Waals surface area contributed by atoms with Gasteiger partial charge in [0.15, 0.2) is 12.4 Å². The number of aromatic nitrogens is 1. The van der Waals surface area contributed by atoms with Crippen LogP contribution < -0.4 is 4.74 Å². The van der Waals surface area contributed by atoms with E-state index in [1.54, 1.807) is 11.6 Å². The molecule has 1 aliphatic rings. The van der Waals surface area contributed by atoms with E-state index in [1.165, 1.54) is 11.3 Å². The molecular weight excluding hydrogens is 361 g/mol. The highest BCUT2D eigenvalue weighted by Gasteiger charge is 2.46. The number of ketones is 1. The molecule has 1 aromatic carbocycles. The molecule has 1 atom stereocenters. The molecule has 0 bridgehead atoms. The van der Waals surface area contributed by atoms with Crippen molar-refractivity contribution in [2.24, 2.45) is 0 Å². The van der Waals surface area contributed by atoms with E-state index in [9.17, 15) is 9.59 Å². The SMILES string of the molecule is C[C@]1(c2cscn2)Cc2cc(OCC(=O)O)c(Cl)c(Cl)c2C1=O. The van der Waals surface area contributed by atoms with Crippen molar-refractivity contribution in [1.29, 1.82) is 0 Å². The molecule has 1 aliphatic carbocycles. The zero-order valence-corrected chi connectivity index (χ0v) is 14.3. The molecule has 0 aliphatic heterocycles. The minimum atomic E-state index is -1.12. The molecule has 1 N–H and O–H groups in total. The average Bonchev–Trinajstić information content (AvgIpc) is 3.10. The number of thiazole rings is 1. The number of carboxylic acid groups (broad SMARTS) is 1. The Hall–Kier alpha value is -1.63. The maximum absolute atomic E-state index is 12.9. The number of hydrogen-bond donors (Lipinski definition) is 1. The second-order valence-electron chi connectivity index (χ2n) is 5.43. The topological polar surface area (TPSA) is 76.5 Å². The number of carbonyl (C=O) groups is 2. The van der Waals surface area contributed by atoms with Gasteiger partial charge in [-0.25, -0.2) is 9.78 Å². The summed E-state index contributed by atoms with van der Waals surface area (Å²) >= 11 is 13.8. The molecule has 0 radical (unpaired) electrons. The number of aliphatic carboxylic acids is 1. The molecule has 0 spiro atoms. The van der Waals surface area contributed by atoms with Crippen LogP contribution in [0.3, 0.4) is 0 Å². The first kappa shape index (κ1) is 16.2. The maximum Gasteiger partial charge on any atom is 0.341 e. The summed E-state index contributed by atoms with van der Waals surface area (Å²) in [5.74, 6) is -1.11. The Labute approximate surface area is 145 Å². The van der Waals surface area contributed by atoms with E-state index in [0.29, 0.717) is 23.2 Å². The van der Waals surface area contributed by atoms with Crippen molar-refractivity contribution < 1.29 is 19.4 Å². The minimum Gasteiger partial charge on any atom is -0.480 e. The summed E-state index contributed by atoms with van der Waals surface area (Å²) in [6, 6.07) is 1.59. The predicted molar refractivity (Wildman–Crippen MR) is 87.1 cm³/mol. The fourth-order valence-corrected chi connectivity index (χ4v) is 3.90. The molecule has 23 heavy (non-hydrogen) atoms. The van der Waals surface area contributed by atoms with Crippen LogP contribution in [-0.4, -0.2) is 28.4 Å². The highest BCUT2D eigenvalue weighted by atomic mass is 35.5. The zero-order chi connectivity index (χ0) is 16.8. The molecular formula is C15H11Cl2NO4S. The van der Waals surface area contributed by atoms with E-state index in [1.807, 2.05) is 12.3 Å². The van der Waals surface area contributed by atoms with Crippen LogP contribution in [-0.2, 0) is 16.6 Å². The number of halogens is 2. The number of Topliss-reactive ketones (excluding diaryl/α,β-unsaturated/α-hetero) is 1. The maximum atomic E-state index is 12.9. The number of benzene rings is 1. The number of carboxylic acids is 1. The van der Waals surface area contributed by atoms with Crippen molar-refractivity contribution in [2.45, 2.75) is 18.8 Å². The van der Waals surface area contributed by atoms with Crippen LogP contribution in [0.25, 0.3) is 0 Å². The molecule has 0 saturated heterocycles. The quantitative estimate of drug-likeness (QED) is 0.887. The molecule has 1 heterocycles. The average molecular weight is 372 g/mol. The second kappa shape index (κ2) is 5.78. The van der Waals surface area contributed by atoms with Crippen LogP contribution in [0.15, 0.2) is 17.0 Å². The lowest BCUT2D eigenvalue weighted by Gasteiger charge is -2.18. The molecule has 0 fully saturated rings. The van der Waals surface area contributed by atoms with Gasteiger partial charge in [0.05, 0.1) is 21.6 Å². The van der Waals surface area contributed by atoms with E-state index in [4.69, 9.17) is 33.0 Å². The largest absolute Gasteiger partial charge is 0.480 e. The van der Waals surface area contributed by atoms with Gasteiger partial charge in [0.1, 0.15) is 10.8 Å². The van der Waals surface area contributed by atoms with Crippen LogP contribution in [0.5, 0.6) is 5.75 Å². The molecule has 5 nitrogen and oxygen atoms in total. The number of nitrogens with zero attached hydrogens (tertiary/aromatic N) is 1. The van der Waals surface area contributed by atoms with Crippen molar-refractivity contribution in [3.63, 3.8) is 0 Å². The van der Waals surface area contributed by atoms with Gasteiger partial charge in [-0.2, -0.15) is 0 Å². The summed E-state index contributed by atoms with van der Waals surface area (Å²) in [5.41, 5.74) is 2.59. The highest BCUT2D eigenvalue weighted by Crippen LogP contribution is 2.47. The van der Waals surface area contributed by atoms with Crippen molar-refractivity contribution in [3.05, 3.63) is 43.8 Å². The summed E-state index contributed by atoms with van der Waals surface area (Å²) in [5, 5.41) is 10.7. The summed E-state index contributed by atoms with van der Waals surface area (Å²) in [7, 11) is 0. The van der Waals surface area contributed by atoms with Crippen LogP contribution >= 0.6 is 34.5 Å². The predicted octanol–water partition coefficient (Wildman–Crippen LogP) is 3.61. The first-order valence-corrected chi connectivity index (χ1v) is 8.33. The van der Waals surface area contributed by atoms with Crippen LogP contribution in [0.4, 0.5) is 0 Å². The van der Waals surface area contributed by atoms with E-state index in [-0.39, 0.29) is 21.6 Å². The van der Waals surface area contributed by atoms with Crippen molar-refractivity contribution >= 4 is 46.3 Å². The standard InChI is InChI=1S/C15H11Cl2NO4S/c1-15(9-5-23-6-18-9)3-7-2-8(22-4-10(19)20)12(16)13(17)11(7)14(15)21/h2,5-6H,3-4H2,1H3,(H,19,20)/t15-/m1/s1. The van der Waals surface area contributed by atoms with Gasteiger partial charge in [0.2, 0.25) is 0 Å². The fourth-order valence-electron chi connectivity index (χ4n) is 2.71. The first-order valence-electron chi connectivity index (χ1n) is 6.63. The van der Waals surface area contributed by atoms with Crippen LogP contribution in [0.2, 0.25) is 10.0 Å². The number of rotatable bonds is 4. The van der Waals surface area contributed by atoms with Gasteiger partial charge >= 0.3 is 5.97 Å². The Balaban J connectivity index is 2.05. The number of fused-ring (bicyclic) bond motifs is 1. The second-order valence-corrected chi connectivity index (χ2v) is 6.91. The minimum absolute atomic E-state index is 0.0440. The number of carbonyl (C=O) groups excluding carboxylic acids is 1. The molecule has 3 rings (SSSR count). The number of ether oxygens (including phenoxy) is 1. The van der Waals surface area contributed by atoms with Crippen LogP contribution in [0, 0.1) is 0 Å². The lowest BCUT2D eigenvalue weighted by atomic mass is 9.83. The fraction of sp³-hybridized carbons (Fsp3) is 0.267. The van der Waals surface area contributed by atoms with E-state index < -0.39 is 18.0 Å². The van der Waals surface area contributed by atoms with Crippen molar-refractivity contribution in [1.82, 2.24) is 4.98 Å². The van der Waals surface area contributed by atoms with Crippen molar-refractivity contribution in [3.8, 4) is 5.75 Å². The van der Waals surface area contributed by atoms with Gasteiger partial charge in [-0.3, -0.25) is 4.79 Å². The molecule has 0 saturated carbocycles. The molecule has 8 heteroatoms. The Kier molecular flexibility index (Phi) is 4.08. The van der Waals surface area contributed by atoms with E-state index >= 15 is 0 Å². The van der Waals surface area contributed by atoms with Gasteiger partial charge < -0.3 is 9.84 Å². The van der Waals surface area contributed by atoms with Gasteiger partial charge in [-0.1, -0.05) is 23.2 Å².